The van der Waals surface area contributed by atoms with Gasteiger partial charge in [0.2, 0.25) is 11.8 Å². The van der Waals surface area contributed by atoms with Gasteiger partial charge in [-0.25, -0.2) is 15.0 Å². The van der Waals surface area contributed by atoms with E-state index in [9.17, 15) is 14.4 Å². The average Bonchev–Trinajstić information content (AvgIpc) is 3.38. The molecule has 9 nitrogen and oxygen atoms in total. The van der Waals surface area contributed by atoms with Crippen molar-refractivity contribution in [1.29, 1.82) is 0 Å². The largest absolute Gasteiger partial charge is 0.337 e. The van der Waals surface area contributed by atoms with Gasteiger partial charge in [-0.15, -0.1) is 0 Å². The monoisotopic (exact) mass is 582 g/mol. The molecule has 0 unspecified atom stereocenters. The first kappa shape index (κ1) is 24.9. The van der Waals surface area contributed by atoms with Crippen molar-refractivity contribution in [3.63, 3.8) is 0 Å². The number of hydrogen-bond acceptors (Lipinski definition) is 6. The minimum absolute atomic E-state index is 0.0272. The number of rotatable bonds is 6. The number of amides is 2. The molecule has 2 aliphatic rings. The van der Waals surface area contributed by atoms with Crippen LogP contribution in [0, 0.1) is 24.7 Å². The van der Waals surface area contributed by atoms with Crippen LogP contribution in [0.3, 0.4) is 0 Å². The molecule has 1 aliphatic carbocycles. The molecule has 4 heterocycles. The van der Waals surface area contributed by atoms with Gasteiger partial charge in [-0.05, 0) is 66.0 Å². The number of pyridine rings is 1. The number of Topliss-reactive ketones (excluding diaryl/α,β-unsaturated/α-hetero) is 1. The minimum atomic E-state index is -0.682. The molecule has 3 aromatic heterocycles. The van der Waals surface area contributed by atoms with Crippen molar-refractivity contribution in [3.8, 4) is 23.0 Å². The summed E-state index contributed by atoms with van der Waals surface area (Å²) in [5.41, 5.74) is 2.98. The van der Waals surface area contributed by atoms with E-state index in [4.69, 9.17) is 0 Å². The highest BCUT2D eigenvalue weighted by molar-refractivity contribution is 9.10. The zero-order valence-electron chi connectivity index (χ0n) is 21.2. The maximum Gasteiger partial charge on any atom is 0.248 e. The molecule has 10 heteroatoms. The number of carbonyl (C=O) groups is 3. The molecular formula is C29H23BrN6O3. The van der Waals surface area contributed by atoms with E-state index in [1.54, 1.807) is 46.3 Å². The van der Waals surface area contributed by atoms with E-state index in [0.29, 0.717) is 28.2 Å². The maximum absolute atomic E-state index is 13.7. The Bertz CT molecular complexity index is 1720. The Hall–Kier alpha value is -4.36. The number of aromatic nitrogens is 4. The van der Waals surface area contributed by atoms with Crippen molar-refractivity contribution in [2.75, 3.05) is 5.32 Å². The van der Waals surface area contributed by atoms with Gasteiger partial charge in [0.05, 0.1) is 5.92 Å². The summed E-state index contributed by atoms with van der Waals surface area (Å²) in [5, 5.41) is 3.57. The van der Waals surface area contributed by atoms with E-state index in [-0.39, 0.29) is 36.1 Å². The van der Waals surface area contributed by atoms with Crippen LogP contribution in [-0.4, -0.2) is 54.1 Å². The van der Waals surface area contributed by atoms with Gasteiger partial charge in [0, 0.05) is 40.6 Å². The predicted molar refractivity (Wildman–Crippen MR) is 149 cm³/mol. The Kier molecular flexibility index (Phi) is 6.23. The van der Waals surface area contributed by atoms with Crippen LogP contribution < -0.4 is 5.32 Å². The SMILES string of the molecule is CC(=O)c1cn(CC(=O)N2[C@@H]3C#C[C@@H]3C[C@H]2C(=O)Nc2cccc(Br)n2)c2ccc(-c3cnc(C)nc3)cc12. The molecule has 39 heavy (non-hydrogen) atoms. The predicted octanol–water partition coefficient (Wildman–Crippen LogP) is 4.01. The molecule has 0 radical (unpaired) electrons. The first-order valence-corrected chi connectivity index (χ1v) is 13.3. The van der Waals surface area contributed by atoms with Crippen molar-refractivity contribution >= 4 is 50.2 Å². The van der Waals surface area contributed by atoms with Crippen LogP contribution in [0.25, 0.3) is 22.0 Å². The fourth-order valence-corrected chi connectivity index (χ4v) is 5.53. The molecule has 0 bridgehead atoms. The van der Waals surface area contributed by atoms with Gasteiger partial charge in [0.15, 0.2) is 5.78 Å². The third kappa shape index (κ3) is 4.59. The van der Waals surface area contributed by atoms with Crippen molar-refractivity contribution in [2.45, 2.75) is 38.9 Å². The Morgan fingerprint density at radius 3 is 2.59 bits per heavy atom. The number of nitrogens with zero attached hydrogens (tertiary/aromatic N) is 5. The summed E-state index contributed by atoms with van der Waals surface area (Å²) in [5.74, 6) is 6.53. The Morgan fingerprint density at radius 2 is 1.90 bits per heavy atom. The zero-order chi connectivity index (χ0) is 27.3. The molecule has 1 saturated heterocycles. The fraction of sp³-hybridized carbons (Fsp3) is 0.241. The van der Waals surface area contributed by atoms with E-state index >= 15 is 0 Å². The van der Waals surface area contributed by atoms with Crippen LogP contribution >= 0.6 is 15.9 Å². The molecule has 6 rings (SSSR count). The highest BCUT2D eigenvalue weighted by Gasteiger charge is 2.48. The standard InChI is InChI=1S/C29H23BrN6O3/c1-16(37)22-14-35(24-9-6-18(10-21(22)24)20-12-31-17(2)32-13-20)15-28(38)36-23-8-7-19(23)11-25(36)29(39)34-27-5-3-4-26(30)33-27/h3-6,9-10,12-14,19,23,25H,11,15H2,1-2H3,(H,33,34,39)/t19-,23-,25+/m1/s1. The average molecular weight is 583 g/mol. The molecular weight excluding hydrogens is 560 g/mol. The summed E-state index contributed by atoms with van der Waals surface area (Å²) in [4.78, 5) is 53.9. The third-order valence-electron chi connectivity index (χ3n) is 7.15. The second kappa shape index (κ2) is 9.75. The second-order valence-electron chi connectivity index (χ2n) is 9.71. The first-order valence-electron chi connectivity index (χ1n) is 12.5. The Labute approximate surface area is 232 Å². The Morgan fingerprint density at radius 1 is 1.10 bits per heavy atom. The zero-order valence-corrected chi connectivity index (χ0v) is 22.8. The van der Waals surface area contributed by atoms with Crippen LogP contribution in [0.5, 0.6) is 0 Å². The van der Waals surface area contributed by atoms with Crippen LogP contribution in [0.1, 0.15) is 29.5 Å². The van der Waals surface area contributed by atoms with Crippen LogP contribution in [0.2, 0.25) is 0 Å². The quantitative estimate of drug-likeness (QED) is 0.209. The first-order chi connectivity index (χ1) is 18.8. The summed E-state index contributed by atoms with van der Waals surface area (Å²) < 4.78 is 2.37. The molecule has 1 aromatic carbocycles. The normalized spacial score (nSPS) is 19.2. The Balaban J connectivity index is 1.29. The van der Waals surface area contributed by atoms with Crippen molar-refractivity contribution in [3.05, 3.63) is 71.0 Å². The van der Waals surface area contributed by atoms with Crippen molar-refractivity contribution in [1.82, 2.24) is 24.4 Å². The molecule has 4 aromatic rings. The smallest absolute Gasteiger partial charge is 0.248 e. The number of aryl methyl sites for hydroxylation is 1. The number of benzene rings is 1. The molecule has 1 N–H and O–H groups in total. The van der Waals surface area contributed by atoms with Crippen molar-refractivity contribution < 1.29 is 14.4 Å². The molecule has 2 amide bonds. The molecule has 0 saturated carbocycles. The number of likely N-dealkylation sites (tertiary alicyclic amines) is 1. The van der Waals surface area contributed by atoms with Gasteiger partial charge < -0.3 is 14.8 Å². The molecule has 1 aliphatic heterocycles. The lowest BCUT2D eigenvalue weighted by Crippen LogP contribution is -2.49. The summed E-state index contributed by atoms with van der Waals surface area (Å²) in [6.45, 7) is 3.30. The van der Waals surface area contributed by atoms with Gasteiger partial charge >= 0.3 is 0 Å². The third-order valence-corrected chi connectivity index (χ3v) is 7.59. The van der Waals surface area contributed by atoms with Gasteiger partial charge in [0.1, 0.15) is 34.9 Å². The van der Waals surface area contributed by atoms with Gasteiger partial charge in [-0.2, -0.15) is 0 Å². The number of carbonyl (C=O) groups excluding carboxylic acids is 3. The summed E-state index contributed by atoms with van der Waals surface area (Å²) in [6.07, 6.45) is 5.67. The van der Waals surface area contributed by atoms with Crippen LogP contribution in [0.4, 0.5) is 5.82 Å². The van der Waals surface area contributed by atoms with E-state index in [1.165, 1.54) is 6.92 Å². The van der Waals surface area contributed by atoms with Crippen molar-refractivity contribution in [2.24, 2.45) is 5.92 Å². The van der Waals surface area contributed by atoms with Gasteiger partial charge in [0.25, 0.3) is 0 Å². The highest BCUT2D eigenvalue weighted by atomic mass is 79.9. The van der Waals surface area contributed by atoms with E-state index in [2.05, 4.69) is 48.0 Å². The summed E-state index contributed by atoms with van der Waals surface area (Å²) in [6, 6.07) is 9.99. The molecule has 0 spiro atoms. The van der Waals surface area contributed by atoms with Gasteiger partial charge in [-0.3, -0.25) is 14.4 Å². The lowest BCUT2D eigenvalue weighted by atomic mass is 9.92. The summed E-state index contributed by atoms with van der Waals surface area (Å²) in [7, 11) is 0. The lowest BCUT2D eigenvalue weighted by molar-refractivity contribution is -0.138. The molecule has 1 fully saturated rings. The topological polar surface area (TPSA) is 110 Å². The molecule has 3 atom stereocenters. The second-order valence-corrected chi connectivity index (χ2v) is 10.5. The van der Waals surface area contributed by atoms with Crippen LogP contribution in [0.15, 0.2) is 59.6 Å². The lowest BCUT2D eigenvalue weighted by Gasteiger charge is -2.29. The van der Waals surface area contributed by atoms with E-state index in [1.807, 2.05) is 25.1 Å². The minimum Gasteiger partial charge on any atom is -0.337 e. The number of ketones is 1. The summed E-state index contributed by atoms with van der Waals surface area (Å²) >= 11 is 3.31. The van der Waals surface area contributed by atoms with E-state index in [0.717, 1.165) is 22.0 Å². The number of fused-ring (bicyclic) bond motifs is 2. The fourth-order valence-electron chi connectivity index (χ4n) is 5.18. The van der Waals surface area contributed by atoms with Gasteiger partial charge in [-0.1, -0.05) is 24.0 Å². The number of hydrogen-bond donors (Lipinski definition) is 1. The number of nitrogens with one attached hydrogen (secondary N) is 1. The van der Waals surface area contributed by atoms with E-state index < -0.39 is 6.04 Å². The number of halogens is 1. The van der Waals surface area contributed by atoms with Crippen LogP contribution in [-0.2, 0) is 16.1 Å². The number of anilines is 1. The molecule has 194 valence electrons. The highest BCUT2D eigenvalue weighted by Crippen LogP contribution is 2.35. The maximum atomic E-state index is 13.7.